The Bertz CT molecular complexity index is 524. The number of carbonyl (C=O) groups is 1. The smallest absolute Gasteiger partial charge is 0.319 e. The number of hydrogen-bond acceptors (Lipinski definition) is 5. The standard InChI is InChI=1S/C12H14N2O2S/c1-8(13-7-12(15)16-2)9-5-11-10(14-6-9)3-4-17-11/h3-6,8,13H,7H2,1-2H3. The van der Waals surface area contributed by atoms with E-state index in [1.807, 2.05) is 24.6 Å². The molecule has 2 aromatic heterocycles. The lowest BCUT2D eigenvalue weighted by Gasteiger charge is -2.12. The van der Waals surface area contributed by atoms with Crippen molar-refractivity contribution in [3.05, 3.63) is 29.3 Å². The van der Waals surface area contributed by atoms with E-state index in [1.54, 1.807) is 11.3 Å². The number of rotatable bonds is 4. The fraction of sp³-hybridized carbons (Fsp3) is 0.333. The second-order valence-electron chi connectivity index (χ2n) is 3.75. The Labute approximate surface area is 104 Å². The molecule has 0 aromatic carbocycles. The third-order valence-corrected chi connectivity index (χ3v) is 3.46. The molecule has 1 atom stereocenters. The minimum Gasteiger partial charge on any atom is -0.468 e. The van der Waals surface area contributed by atoms with Crippen LogP contribution in [0.15, 0.2) is 23.7 Å². The van der Waals surface area contributed by atoms with E-state index in [0.717, 1.165) is 15.8 Å². The summed E-state index contributed by atoms with van der Waals surface area (Å²) in [7, 11) is 1.38. The zero-order chi connectivity index (χ0) is 12.3. The highest BCUT2D eigenvalue weighted by Crippen LogP contribution is 2.22. The molecule has 2 rings (SSSR count). The van der Waals surface area contributed by atoms with Gasteiger partial charge in [-0.15, -0.1) is 11.3 Å². The van der Waals surface area contributed by atoms with Gasteiger partial charge in [-0.1, -0.05) is 0 Å². The number of fused-ring (bicyclic) bond motifs is 1. The first-order valence-electron chi connectivity index (χ1n) is 5.34. The Kier molecular flexibility index (Phi) is 3.71. The van der Waals surface area contributed by atoms with Crippen LogP contribution in [-0.4, -0.2) is 24.6 Å². The number of hydrogen-bond donors (Lipinski definition) is 1. The Hall–Kier alpha value is -1.46. The largest absolute Gasteiger partial charge is 0.468 e. The molecule has 1 unspecified atom stereocenters. The Morgan fingerprint density at radius 2 is 2.47 bits per heavy atom. The van der Waals surface area contributed by atoms with Crippen molar-refractivity contribution in [1.82, 2.24) is 10.3 Å². The summed E-state index contributed by atoms with van der Waals surface area (Å²) in [6.45, 7) is 2.21. The second-order valence-corrected chi connectivity index (χ2v) is 4.70. The number of esters is 1. The van der Waals surface area contributed by atoms with Crippen LogP contribution in [0.1, 0.15) is 18.5 Å². The van der Waals surface area contributed by atoms with E-state index < -0.39 is 0 Å². The van der Waals surface area contributed by atoms with Gasteiger partial charge in [0.2, 0.25) is 0 Å². The van der Waals surface area contributed by atoms with Gasteiger partial charge in [0.25, 0.3) is 0 Å². The molecule has 0 amide bonds. The van der Waals surface area contributed by atoms with Crippen molar-refractivity contribution < 1.29 is 9.53 Å². The molecule has 0 aliphatic carbocycles. The lowest BCUT2D eigenvalue weighted by molar-refractivity contribution is -0.139. The monoisotopic (exact) mass is 250 g/mol. The molecular weight excluding hydrogens is 236 g/mol. The zero-order valence-electron chi connectivity index (χ0n) is 9.77. The van der Waals surface area contributed by atoms with E-state index in [-0.39, 0.29) is 18.6 Å². The van der Waals surface area contributed by atoms with Crippen molar-refractivity contribution >= 4 is 27.5 Å². The number of methoxy groups -OCH3 is 1. The zero-order valence-corrected chi connectivity index (χ0v) is 10.6. The number of thiophene rings is 1. The van der Waals surface area contributed by atoms with Gasteiger partial charge >= 0.3 is 5.97 Å². The van der Waals surface area contributed by atoms with E-state index >= 15 is 0 Å². The highest BCUT2D eigenvalue weighted by Gasteiger charge is 2.09. The number of pyridine rings is 1. The third-order valence-electron chi connectivity index (χ3n) is 2.60. The Morgan fingerprint density at radius 3 is 3.24 bits per heavy atom. The Balaban J connectivity index is 2.07. The molecule has 0 spiro atoms. The van der Waals surface area contributed by atoms with Crippen molar-refractivity contribution in [2.45, 2.75) is 13.0 Å². The van der Waals surface area contributed by atoms with E-state index in [0.29, 0.717) is 0 Å². The average molecular weight is 250 g/mol. The fourth-order valence-corrected chi connectivity index (χ4v) is 2.31. The van der Waals surface area contributed by atoms with Crippen LogP contribution < -0.4 is 5.32 Å². The molecule has 4 nitrogen and oxygen atoms in total. The summed E-state index contributed by atoms with van der Waals surface area (Å²) >= 11 is 1.67. The van der Waals surface area contributed by atoms with E-state index in [4.69, 9.17) is 0 Å². The first-order chi connectivity index (χ1) is 8.20. The van der Waals surface area contributed by atoms with Crippen molar-refractivity contribution in [1.29, 1.82) is 0 Å². The first-order valence-corrected chi connectivity index (χ1v) is 6.22. The quantitative estimate of drug-likeness (QED) is 0.844. The van der Waals surface area contributed by atoms with Gasteiger partial charge in [-0.05, 0) is 30.0 Å². The maximum atomic E-state index is 11.0. The van der Waals surface area contributed by atoms with Gasteiger partial charge in [0.15, 0.2) is 0 Å². The molecule has 90 valence electrons. The molecule has 0 bridgehead atoms. The van der Waals surface area contributed by atoms with Gasteiger partial charge in [-0.2, -0.15) is 0 Å². The van der Waals surface area contributed by atoms with Crippen LogP contribution in [-0.2, 0) is 9.53 Å². The molecule has 0 fully saturated rings. The Morgan fingerprint density at radius 1 is 1.65 bits per heavy atom. The van der Waals surface area contributed by atoms with E-state index in [1.165, 1.54) is 7.11 Å². The molecule has 0 aliphatic rings. The lowest BCUT2D eigenvalue weighted by Crippen LogP contribution is -2.26. The van der Waals surface area contributed by atoms with Crippen LogP contribution in [0.3, 0.4) is 0 Å². The molecule has 2 aromatic rings. The second kappa shape index (κ2) is 5.25. The van der Waals surface area contributed by atoms with E-state index in [9.17, 15) is 4.79 Å². The van der Waals surface area contributed by atoms with Crippen molar-refractivity contribution in [3.63, 3.8) is 0 Å². The first kappa shape index (κ1) is 12.0. The fourth-order valence-electron chi connectivity index (χ4n) is 1.52. The van der Waals surface area contributed by atoms with Gasteiger partial charge in [0.1, 0.15) is 0 Å². The molecule has 1 N–H and O–H groups in total. The van der Waals surface area contributed by atoms with E-state index in [2.05, 4.69) is 21.1 Å². The SMILES string of the molecule is COC(=O)CNC(C)c1cnc2ccsc2c1. The number of aromatic nitrogens is 1. The summed E-state index contributed by atoms with van der Waals surface area (Å²) < 4.78 is 5.74. The summed E-state index contributed by atoms with van der Waals surface area (Å²) in [6, 6.07) is 4.17. The minimum absolute atomic E-state index is 0.0769. The van der Waals surface area contributed by atoms with Gasteiger partial charge < -0.3 is 10.1 Å². The van der Waals surface area contributed by atoms with Crippen LogP contribution in [0, 0.1) is 0 Å². The van der Waals surface area contributed by atoms with Gasteiger partial charge in [-0.25, -0.2) is 0 Å². The molecule has 5 heteroatoms. The number of carbonyl (C=O) groups excluding carboxylic acids is 1. The third kappa shape index (κ3) is 2.81. The topological polar surface area (TPSA) is 51.2 Å². The van der Waals surface area contributed by atoms with Crippen LogP contribution in [0.2, 0.25) is 0 Å². The highest BCUT2D eigenvalue weighted by atomic mass is 32.1. The predicted octanol–water partition coefficient (Wildman–Crippen LogP) is 2.12. The molecule has 0 radical (unpaired) electrons. The maximum Gasteiger partial charge on any atom is 0.319 e. The van der Waals surface area contributed by atoms with Gasteiger partial charge in [-0.3, -0.25) is 9.78 Å². The summed E-state index contributed by atoms with van der Waals surface area (Å²) in [5.74, 6) is -0.262. The lowest BCUT2D eigenvalue weighted by atomic mass is 10.1. The van der Waals surface area contributed by atoms with Gasteiger partial charge in [0.05, 0.1) is 23.9 Å². The summed E-state index contributed by atoms with van der Waals surface area (Å²) in [5, 5.41) is 5.12. The number of nitrogens with one attached hydrogen (secondary N) is 1. The summed E-state index contributed by atoms with van der Waals surface area (Å²) in [6.07, 6.45) is 1.84. The van der Waals surface area contributed by atoms with Crippen molar-refractivity contribution in [2.75, 3.05) is 13.7 Å². The molecular formula is C12H14N2O2S. The minimum atomic E-state index is -0.262. The molecule has 0 saturated heterocycles. The number of ether oxygens (including phenoxy) is 1. The van der Waals surface area contributed by atoms with Crippen LogP contribution in [0.5, 0.6) is 0 Å². The predicted molar refractivity (Wildman–Crippen MR) is 68.1 cm³/mol. The normalized spacial score (nSPS) is 12.6. The number of nitrogens with zero attached hydrogens (tertiary/aromatic N) is 1. The highest BCUT2D eigenvalue weighted by molar-refractivity contribution is 7.17. The molecule has 17 heavy (non-hydrogen) atoms. The van der Waals surface area contributed by atoms with Crippen LogP contribution >= 0.6 is 11.3 Å². The molecule has 0 saturated carbocycles. The summed E-state index contributed by atoms with van der Waals surface area (Å²) in [4.78, 5) is 15.4. The van der Waals surface area contributed by atoms with Crippen molar-refractivity contribution in [3.8, 4) is 0 Å². The molecule has 0 aliphatic heterocycles. The van der Waals surface area contributed by atoms with Crippen molar-refractivity contribution in [2.24, 2.45) is 0 Å². The van der Waals surface area contributed by atoms with Crippen LogP contribution in [0.25, 0.3) is 10.2 Å². The van der Waals surface area contributed by atoms with Gasteiger partial charge in [0, 0.05) is 12.2 Å². The summed E-state index contributed by atoms with van der Waals surface area (Å²) in [5.41, 5.74) is 2.09. The molecule has 2 heterocycles. The average Bonchev–Trinajstić information content (AvgIpc) is 2.82. The van der Waals surface area contributed by atoms with Crippen LogP contribution in [0.4, 0.5) is 0 Å². The maximum absolute atomic E-state index is 11.0.